The predicted octanol–water partition coefficient (Wildman–Crippen LogP) is 0.697. The molecule has 0 bridgehead atoms. The van der Waals surface area contributed by atoms with Crippen LogP contribution >= 0.6 is 24.0 Å². The molecule has 0 aromatic heterocycles. The molecule has 7 nitrogen and oxygen atoms in total. The Morgan fingerprint density at radius 1 is 1.42 bits per heavy atom. The van der Waals surface area contributed by atoms with Gasteiger partial charge in [-0.05, 0) is 33.6 Å². The van der Waals surface area contributed by atoms with Gasteiger partial charge in [0.25, 0.3) is 0 Å². The van der Waals surface area contributed by atoms with Gasteiger partial charge in [0.1, 0.15) is 0 Å². The van der Waals surface area contributed by atoms with Gasteiger partial charge in [-0.2, -0.15) is 0 Å². The van der Waals surface area contributed by atoms with Crippen LogP contribution in [0.3, 0.4) is 0 Å². The summed E-state index contributed by atoms with van der Waals surface area (Å²) in [6.45, 7) is 8.51. The van der Waals surface area contributed by atoms with E-state index in [-0.39, 0.29) is 53.3 Å². The number of hydrogen-bond donors (Lipinski definition) is 3. The summed E-state index contributed by atoms with van der Waals surface area (Å²) in [5, 5.41) is 9.01. The third-order valence-electron chi connectivity index (χ3n) is 4.29. The van der Waals surface area contributed by atoms with Gasteiger partial charge in [0.2, 0.25) is 11.8 Å². The van der Waals surface area contributed by atoms with Crippen LogP contribution in [0, 0.1) is 5.41 Å². The summed E-state index contributed by atoms with van der Waals surface area (Å²) >= 11 is 0. The van der Waals surface area contributed by atoms with Crippen LogP contribution in [-0.2, 0) is 9.59 Å². The lowest BCUT2D eigenvalue weighted by molar-refractivity contribution is -0.121. The number of piperidine rings is 1. The van der Waals surface area contributed by atoms with Crippen molar-refractivity contribution < 1.29 is 9.59 Å². The van der Waals surface area contributed by atoms with Crippen LogP contribution in [0.25, 0.3) is 0 Å². The van der Waals surface area contributed by atoms with Gasteiger partial charge in [-0.3, -0.25) is 14.6 Å². The van der Waals surface area contributed by atoms with Crippen LogP contribution in [-0.4, -0.2) is 61.4 Å². The monoisotopic (exact) mass is 451 g/mol. The number of hydrogen-bond acceptors (Lipinski definition) is 3. The zero-order valence-electron chi connectivity index (χ0n) is 15.1. The molecule has 1 unspecified atom stereocenters. The van der Waals surface area contributed by atoms with Crippen LogP contribution in [0.5, 0.6) is 0 Å². The lowest BCUT2D eigenvalue weighted by Gasteiger charge is -2.40. The van der Waals surface area contributed by atoms with Gasteiger partial charge in [0, 0.05) is 44.1 Å². The van der Waals surface area contributed by atoms with E-state index in [9.17, 15) is 9.59 Å². The summed E-state index contributed by atoms with van der Waals surface area (Å²) in [6.07, 6.45) is 2.68. The van der Waals surface area contributed by atoms with Crippen molar-refractivity contribution in [2.45, 2.75) is 45.6 Å². The number of halogens is 1. The zero-order chi connectivity index (χ0) is 17.1. The number of nitrogens with zero attached hydrogens (tertiary/aromatic N) is 2. The molecule has 2 aliphatic heterocycles. The van der Waals surface area contributed by atoms with Crippen LogP contribution in [0.2, 0.25) is 0 Å². The van der Waals surface area contributed by atoms with E-state index in [1.165, 1.54) is 0 Å². The first-order chi connectivity index (χ1) is 10.7. The fourth-order valence-corrected chi connectivity index (χ4v) is 3.38. The second-order valence-electron chi connectivity index (χ2n) is 7.68. The molecule has 1 atom stereocenters. The van der Waals surface area contributed by atoms with E-state index in [1.807, 2.05) is 20.8 Å². The molecule has 2 heterocycles. The first-order valence-electron chi connectivity index (χ1n) is 8.26. The highest BCUT2D eigenvalue weighted by Gasteiger charge is 2.42. The third-order valence-corrected chi connectivity index (χ3v) is 4.29. The van der Waals surface area contributed by atoms with Gasteiger partial charge in [-0.1, -0.05) is 0 Å². The SMILES string of the molecule is CN=C(NCC(=O)NC(C)(C)C)N1CCCC2(CNC(=O)C2)C1.I. The second-order valence-corrected chi connectivity index (χ2v) is 7.68. The molecule has 2 saturated heterocycles. The molecule has 8 heteroatoms. The number of guanidine groups is 1. The Labute approximate surface area is 161 Å². The highest BCUT2D eigenvalue weighted by atomic mass is 127. The van der Waals surface area contributed by atoms with Crippen molar-refractivity contribution in [2.75, 3.05) is 33.2 Å². The molecular weight excluding hydrogens is 421 g/mol. The van der Waals surface area contributed by atoms with Crippen LogP contribution in [0.1, 0.15) is 40.0 Å². The molecule has 0 radical (unpaired) electrons. The second kappa shape index (κ2) is 8.35. The summed E-state index contributed by atoms with van der Waals surface area (Å²) in [4.78, 5) is 30.0. The van der Waals surface area contributed by atoms with E-state index in [1.54, 1.807) is 7.05 Å². The Bertz CT molecular complexity index is 503. The number of nitrogens with one attached hydrogen (secondary N) is 3. The highest BCUT2D eigenvalue weighted by molar-refractivity contribution is 14.0. The molecule has 0 saturated carbocycles. The molecular formula is C16H30IN5O2. The lowest BCUT2D eigenvalue weighted by atomic mass is 9.79. The first kappa shape index (κ1) is 21.0. The normalized spacial score (nSPS) is 24.4. The van der Waals surface area contributed by atoms with E-state index >= 15 is 0 Å². The molecule has 2 rings (SSSR count). The van der Waals surface area contributed by atoms with Crippen molar-refractivity contribution in [1.82, 2.24) is 20.9 Å². The molecule has 0 aromatic rings. The molecule has 1 spiro atoms. The Morgan fingerprint density at radius 2 is 2.12 bits per heavy atom. The van der Waals surface area contributed by atoms with Crippen molar-refractivity contribution in [3.63, 3.8) is 0 Å². The molecule has 3 N–H and O–H groups in total. The number of likely N-dealkylation sites (tertiary alicyclic amines) is 1. The number of aliphatic imine (C=N–C) groups is 1. The van der Waals surface area contributed by atoms with Gasteiger partial charge in [-0.15, -0.1) is 24.0 Å². The van der Waals surface area contributed by atoms with Gasteiger partial charge < -0.3 is 20.9 Å². The molecule has 0 aromatic carbocycles. The smallest absolute Gasteiger partial charge is 0.239 e. The maximum absolute atomic E-state index is 12.0. The lowest BCUT2D eigenvalue weighted by Crippen LogP contribution is -2.53. The van der Waals surface area contributed by atoms with Crippen LogP contribution in [0.15, 0.2) is 4.99 Å². The predicted molar refractivity (Wildman–Crippen MR) is 106 cm³/mol. The van der Waals surface area contributed by atoms with E-state index in [4.69, 9.17) is 0 Å². The zero-order valence-corrected chi connectivity index (χ0v) is 17.4. The average Bonchev–Trinajstić information content (AvgIpc) is 2.78. The maximum atomic E-state index is 12.0. The maximum Gasteiger partial charge on any atom is 0.239 e. The van der Waals surface area contributed by atoms with E-state index in [0.717, 1.165) is 38.4 Å². The topological polar surface area (TPSA) is 85.8 Å². The Morgan fingerprint density at radius 3 is 2.67 bits per heavy atom. The fraction of sp³-hybridized carbons (Fsp3) is 0.812. The summed E-state index contributed by atoms with van der Waals surface area (Å²) in [5.74, 6) is 0.815. The summed E-state index contributed by atoms with van der Waals surface area (Å²) < 4.78 is 0. The molecule has 0 aliphatic carbocycles. The van der Waals surface area contributed by atoms with Crippen LogP contribution < -0.4 is 16.0 Å². The van der Waals surface area contributed by atoms with E-state index < -0.39 is 0 Å². The molecule has 138 valence electrons. The number of carbonyl (C=O) groups is 2. The molecule has 2 fully saturated rings. The summed E-state index contributed by atoms with van der Waals surface area (Å²) in [5.41, 5.74) is -0.228. The molecule has 24 heavy (non-hydrogen) atoms. The Kier molecular flexibility index (Phi) is 7.30. The van der Waals surface area contributed by atoms with Gasteiger partial charge in [0.05, 0.1) is 6.54 Å². The summed E-state index contributed by atoms with van der Waals surface area (Å²) in [6, 6.07) is 0. The minimum atomic E-state index is -0.243. The molecule has 2 aliphatic rings. The minimum absolute atomic E-state index is 0. The van der Waals surface area contributed by atoms with E-state index in [0.29, 0.717) is 6.42 Å². The Hall–Kier alpha value is -1.06. The number of carbonyl (C=O) groups excluding carboxylic acids is 2. The Balaban J connectivity index is 0.00000288. The highest BCUT2D eigenvalue weighted by Crippen LogP contribution is 2.35. The first-order valence-corrected chi connectivity index (χ1v) is 8.26. The fourth-order valence-electron chi connectivity index (χ4n) is 3.38. The summed E-state index contributed by atoms with van der Waals surface area (Å²) in [7, 11) is 1.73. The standard InChI is InChI=1S/C16H29N5O2.HI/c1-15(2,3)20-13(23)9-18-14(17-4)21-7-5-6-16(11-21)8-12(22)19-10-16;/h5-11H2,1-4H3,(H,17,18)(H,19,22)(H,20,23);1H. The van der Waals surface area contributed by atoms with E-state index in [2.05, 4.69) is 25.8 Å². The van der Waals surface area contributed by atoms with Crippen LogP contribution in [0.4, 0.5) is 0 Å². The molecule has 2 amide bonds. The average molecular weight is 451 g/mol. The van der Waals surface area contributed by atoms with Crippen molar-refractivity contribution in [1.29, 1.82) is 0 Å². The van der Waals surface area contributed by atoms with Crippen molar-refractivity contribution in [3.05, 3.63) is 0 Å². The van der Waals surface area contributed by atoms with Gasteiger partial charge >= 0.3 is 0 Å². The number of amides is 2. The number of rotatable bonds is 2. The third kappa shape index (κ3) is 5.78. The minimum Gasteiger partial charge on any atom is -0.355 e. The van der Waals surface area contributed by atoms with Gasteiger partial charge in [-0.25, -0.2) is 0 Å². The quantitative estimate of drug-likeness (QED) is 0.328. The van der Waals surface area contributed by atoms with Gasteiger partial charge in [0.15, 0.2) is 5.96 Å². The van der Waals surface area contributed by atoms with Crippen molar-refractivity contribution >= 4 is 41.8 Å². The van der Waals surface area contributed by atoms with Crippen molar-refractivity contribution in [3.8, 4) is 0 Å². The van der Waals surface area contributed by atoms with Crippen molar-refractivity contribution in [2.24, 2.45) is 10.4 Å². The largest absolute Gasteiger partial charge is 0.355 e.